The standard InChI is InChI=1S/C26H37N3O2/c1-19(2)16-25(26(31)28-18-27)24-5-3-4-23(17-24)21-8-6-20(7-9-21)22-10-12-29(13-11-22)14-15-30/h3-9,17,19,22,25,30H,10-16,18,27H2,1-2H3,(H,28,31). The predicted molar refractivity (Wildman–Crippen MR) is 127 cm³/mol. The van der Waals surface area contributed by atoms with Gasteiger partial charge in [-0.3, -0.25) is 4.79 Å². The Balaban J connectivity index is 1.74. The molecule has 5 heteroatoms. The molecule has 168 valence electrons. The van der Waals surface area contributed by atoms with E-state index in [-0.39, 0.29) is 25.1 Å². The molecule has 0 radical (unpaired) electrons. The third kappa shape index (κ3) is 6.39. The zero-order chi connectivity index (χ0) is 22.2. The number of aliphatic hydroxyl groups excluding tert-OH is 1. The van der Waals surface area contributed by atoms with Gasteiger partial charge >= 0.3 is 0 Å². The molecule has 4 N–H and O–H groups in total. The quantitative estimate of drug-likeness (QED) is 0.538. The van der Waals surface area contributed by atoms with E-state index in [0.29, 0.717) is 11.8 Å². The minimum absolute atomic E-state index is 0.00348. The molecule has 1 heterocycles. The van der Waals surface area contributed by atoms with E-state index in [9.17, 15) is 4.79 Å². The fourth-order valence-corrected chi connectivity index (χ4v) is 4.60. The first kappa shape index (κ1) is 23.5. The van der Waals surface area contributed by atoms with Crippen LogP contribution in [0.4, 0.5) is 0 Å². The second kappa shape index (κ2) is 11.4. The summed E-state index contributed by atoms with van der Waals surface area (Å²) < 4.78 is 0. The second-order valence-electron chi connectivity index (χ2n) is 9.01. The molecule has 5 nitrogen and oxygen atoms in total. The molecule has 1 aliphatic rings. The van der Waals surface area contributed by atoms with Crippen molar-refractivity contribution in [2.45, 2.75) is 44.9 Å². The van der Waals surface area contributed by atoms with E-state index in [2.05, 4.69) is 60.5 Å². The Bertz CT molecular complexity index is 827. The van der Waals surface area contributed by atoms with Crippen LogP contribution < -0.4 is 11.1 Å². The van der Waals surface area contributed by atoms with Gasteiger partial charge in [0, 0.05) is 6.54 Å². The Morgan fingerprint density at radius 1 is 1.13 bits per heavy atom. The SMILES string of the molecule is CC(C)CC(C(=O)NCN)c1cccc(-c2ccc(C3CCN(CCO)CC3)cc2)c1. The first-order valence-electron chi connectivity index (χ1n) is 11.5. The van der Waals surface area contributed by atoms with Crippen LogP contribution in [-0.2, 0) is 4.79 Å². The number of amides is 1. The van der Waals surface area contributed by atoms with E-state index in [1.54, 1.807) is 0 Å². The highest BCUT2D eigenvalue weighted by Gasteiger charge is 2.22. The molecule has 1 unspecified atom stereocenters. The van der Waals surface area contributed by atoms with E-state index in [4.69, 9.17) is 10.8 Å². The van der Waals surface area contributed by atoms with Gasteiger partial charge in [-0.1, -0.05) is 62.4 Å². The lowest BCUT2D eigenvalue weighted by Crippen LogP contribution is -2.34. The molecule has 0 spiro atoms. The number of hydrogen-bond acceptors (Lipinski definition) is 4. The summed E-state index contributed by atoms with van der Waals surface area (Å²) in [5, 5.41) is 11.9. The minimum atomic E-state index is -0.188. The molecular weight excluding hydrogens is 386 g/mol. The normalized spacial score (nSPS) is 16.4. The maximum atomic E-state index is 12.6. The highest BCUT2D eigenvalue weighted by molar-refractivity contribution is 5.84. The number of β-amino-alcohol motifs (C(OH)–C–C–N with tert-alkyl or cyclic N) is 1. The zero-order valence-electron chi connectivity index (χ0n) is 18.9. The summed E-state index contributed by atoms with van der Waals surface area (Å²) >= 11 is 0. The monoisotopic (exact) mass is 423 g/mol. The number of nitrogens with two attached hydrogens (primary N) is 1. The number of carbonyl (C=O) groups is 1. The van der Waals surface area contributed by atoms with Crippen LogP contribution in [0.15, 0.2) is 48.5 Å². The molecule has 3 rings (SSSR count). The molecule has 0 bridgehead atoms. The van der Waals surface area contributed by atoms with Crippen LogP contribution in [0.3, 0.4) is 0 Å². The highest BCUT2D eigenvalue weighted by atomic mass is 16.3. The van der Waals surface area contributed by atoms with Gasteiger partial charge in [-0.2, -0.15) is 0 Å². The molecule has 1 fully saturated rings. The van der Waals surface area contributed by atoms with Gasteiger partial charge in [0.1, 0.15) is 0 Å². The summed E-state index contributed by atoms with van der Waals surface area (Å²) in [6, 6.07) is 17.2. The van der Waals surface area contributed by atoms with Gasteiger partial charge in [0.15, 0.2) is 0 Å². The molecule has 2 aromatic carbocycles. The molecule has 0 saturated carbocycles. The maximum Gasteiger partial charge on any atom is 0.228 e. The van der Waals surface area contributed by atoms with Crippen molar-refractivity contribution in [3.05, 3.63) is 59.7 Å². The van der Waals surface area contributed by atoms with Crippen molar-refractivity contribution < 1.29 is 9.90 Å². The Morgan fingerprint density at radius 2 is 1.84 bits per heavy atom. The second-order valence-corrected chi connectivity index (χ2v) is 9.01. The number of rotatable bonds is 9. The molecule has 2 aromatic rings. The molecule has 0 aromatic heterocycles. The van der Waals surface area contributed by atoms with Crippen LogP contribution in [0, 0.1) is 5.92 Å². The predicted octanol–water partition coefficient (Wildman–Crippen LogP) is 3.69. The lowest BCUT2D eigenvalue weighted by molar-refractivity contribution is -0.122. The topological polar surface area (TPSA) is 78.6 Å². The van der Waals surface area contributed by atoms with Gasteiger partial charge < -0.3 is 21.1 Å². The summed E-state index contributed by atoms with van der Waals surface area (Å²) in [4.78, 5) is 14.9. The van der Waals surface area contributed by atoms with E-state index in [1.165, 1.54) is 11.1 Å². The minimum Gasteiger partial charge on any atom is -0.395 e. The molecule has 1 amide bonds. The van der Waals surface area contributed by atoms with Crippen LogP contribution in [0.5, 0.6) is 0 Å². The fraction of sp³-hybridized carbons (Fsp3) is 0.500. The summed E-state index contributed by atoms with van der Waals surface area (Å²) in [5.74, 6) is 0.814. The lowest BCUT2D eigenvalue weighted by Gasteiger charge is -2.31. The number of carbonyl (C=O) groups excluding carboxylic acids is 1. The number of nitrogens with zero attached hydrogens (tertiary/aromatic N) is 1. The lowest BCUT2D eigenvalue weighted by atomic mass is 9.86. The Kier molecular flexibility index (Phi) is 8.64. The van der Waals surface area contributed by atoms with Gasteiger partial charge in [-0.05, 0) is 66.4 Å². The number of hydrogen-bond donors (Lipinski definition) is 3. The van der Waals surface area contributed by atoms with Crippen molar-refractivity contribution >= 4 is 5.91 Å². The summed E-state index contributed by atoms with van der Waals surface area (Å²) in [6.45, 7) is 7.56. The molecule has 0 aliphatic carbocycles. The van der Waals surface area contributed by atoms with Crippen LogP contribution in [0.25, 0.3) is 11.1 Å². The summed E-state index contributed by atoms with van der Waals surface area (Å²) in [5.41, 5.74) is 10.3. The van der Waals surface area contributed by atoms with Gasteiger partial charge in [0.25, 0.3) is 0 Å². The zero-order valence-corrected chi connectivity index (χ0v) is 18.9. The van der Waals surface area contributed by atoms with Crippen molar-refractivity contribution in [2.75, 3.05) is 32.9 Å². The summed E-state index contributed by atoms with van der Waals surface area (Å²) in [7, 11) is 0. The van der Waals surface area contributed by atoms with Crippen LogP contribution in [-0.4, -0.2) is 48.8 Å². The number of likely N-dealkylation sites (tertiary alicyclic amines) is 1. The first-order valence-corrected chi connectivity index (χ1v) is 11.5. The molecule has 1 aliphatic heterocycles. The molecule has 1 saturated heterocycles. The largest absolute Gasteiger partial charge is 0.395 e. The van der Waals surface area contributed by atoms with E-state index < -0.39 is 0 Å². The highest BCUT2D eigenvalue weighted by Crippen LogP contribution is 2.32. The van der Waals surface area contributed by atoms with Crippen LogP contribution in [0.1, 0.15) is 56.1 Å². The third-order valence-corrected chi connectivity index (χ3v) is 6.31. The number of nitrogens with one attached hydrogen (secondary N) is 1. The van der Waals surface area contributed by atoms with E-state index >= 15 is 0 Å². The van der Waals surface area contributed by atoms with Crippen LogP contribution >= 0.6 is 0 Å². The average molecular weight is 424 g/mol. The van der Waals surface area contributed by atoms with Gasteiger partial charge in [-0.25, -0.2) is 0 Å². The molecule has 31 heavy (non-hydrogen) atoms. The first-order chi connectivity index (χ1) is 15.0. The van der Waals surface area contributed by atoms with E-state index in [0.717, 1.165) is 50.0 Å². The molecular formula is C26H37N3O2. The Morgan fingerprint density at radius 3 is 2.45 bits per heavy atom. The third-order valence-electron chi connectivity index (χ3n) is 6.31. The summed E-state index contributed by atoms with van der Waals surface area (Å²) in [6.07, 6.45) is 3.08. The van der Waals surface area contributed by atoms with Gasteiger partial charge in [0.2, 0.25) is 5.91 Å². The maximum absolute atomic E-state index is 12.6. The van der Waals surface area contributed by atoms with Gasteiger partial charge in [0.05, 0.1) is 19.2 Å². The van der Waals surface area contributed by atoms with E-state index in [1.807, 2.05) is 12.1 Å². The van der Waals surface area contributed by atoms with Gasteiger partial charge in [-0.15, -0.1) is 0 Å². The number of benzene rings is 2. The van der Waals surface area contributed by atoms with Crippen LogP contribution in [0.2, 0.25) is 0 Å². The Hall–Kier alpha value is -2.21. The average Bonchev–Trinajstić information content (AvgIpc) is 2.78. The smallest absolute Gasteiger partial charge is 0.228 e. The van der Waals surface area contributed by atoms with Crippen molar-refractivity contribution in [3.63, 3.8) is 0 Å². The van der Waals surface area contributed by atoms with Crippen molar-refractivity contribution in [1.82, 2.24) is 10.2 Å². The molecule has 1 atom stereocenters. The Labute approximate surface area is 186 Å². The van der Waals surface area contributed by atoms with Crippen molar-refractivity contribution in [2.24, 2.45) is 11.7 Å². The number of aliphatic hydroxyl groups is 1. The number of piperidine rings is 1. The van der Waals surface area contributed by atoms with Crippen molar-refractivity contribution in [3.8, 4) is 11.1 Å². The van der Waals surface area contributed by atoms with Crippen molar-refractivity contribution in [1.29, 1.82) is 0 Å². The fourth-order valence-electron chi connectivity index (χ4n) is 4.60.